The molecule has 0 spiro atoms. The van der Waals surface area contributed by atoms with E-state index in [1.165, 1.54) is 0 Å². The van der Waals surface area contributed by atoms with E-state index >= 15 is 0 Å². The van der Waals surface area contributed by atoms with E-state index in [1.807, 2.05) is 20.8 Å². The van der Waals surface area contributed by atoms with E-state index in [0.29, 0.717) is 6.42 Å². The Morgan fingerprint density at radius 1 is 1.17 bits per heavy atom. The number of carbonyl (C=O) groups is 1. The second-order valence-electron chi connectivity index (χ2n) is 4.76. The zero-order chi connectivity index (χ0) is 13.9. The van der Waals surface area contributed by atoms with Crippen LogP contribution in [0.2, 0.25) is 5.02 Å². The molecule has 0 fully saturated rings. The van der Waals surface area contributed by atoms with Crippen molar-refractivity contribution in [1.82, 2.24) is 0 Å². The molecule has 0 bridgehead atoms. The summed E-state index contributed by atoms with van der Waals surface area (Å²) in [5.41, 5.74) is 4.36. The molecule has 0 saturated heterocycles. The maximum absolute atomic E-state index is 11.0. The SMILES string of the molecule is COc1c(C)c(C)c(Cl)c(C)c1CCCC(C)=O. The lowest BCUT2D eigenvalue weighted by Crippen LogP contribution is -2.03. The Kier molecular flexibility index (Phi) is 5.21. The molecule has 0 atom stereocenters. The van der Waals surface area contributed by atoms with Gasteiger partial charge in [-0.25, -0.2) is 0 Å². The van der Waals surface area contributed by atoms with Crippen LogP contribution < -0.4 is 4.74 Å². The minimum atomic E-state index is 0.224. The molecule has 0 aliphatic heterocycles. The van der Waals surface area contributed by atoms with Crippen LogP contribution in [0.25, 0.3) is 0 Å². The van der Waals surface area contributed by atoms with Crippen molar-refractivity contribution in [2.24, 2.45) is 0 Å². The summed E-state index contributed by atoms with van der Waals surface area (Å²) in [6.07, 6.45) is 2.27. The Hall–Kier alpha value is -1.02. The second kappa shape index (κ2) is 6.24. The summed E-state index contributed by atoms with van der Waals surface area (Å²) < 4.78 is 5.51. The molecule has 0 aliphatic rings. The fourth-order valence-electron chi connectivity index (χ4n) is 2.24. The highest BCUT2D eigenvalue weighted by molar-refractivity contribution is 6.32. The summed E-state index contributed by atoms with van der Waals surface area (Å²) in [7, 11) is 1.68. The lowest BCUT2D eigenvalue weighted by atomic mass is 9.95. The molecule has 0 N–H and O–H groups in total. The third kappa shape index (κ3) is 3.05. The van der Waals surface area contributed by atoms with Gasteiger partial charge in [-0.15, -0.1) is 0 Å². The van der Waals surface area contributed by atoms with E-state index in [2.05, 4.69) is 0 Å². The lowest BCUT2D eigenvalue weighted by Gasteiger charge is -2.18. The molecule has 0 aliphatic carbocycles. The Bertz CT molecular complexity index is 464. The van der Waals surface area contributed by atoms with Crippen LogP contribution in [0, 0.1) is 20.8 Å². The number of Topliss-reactive ketones (excluding diaryl/α,β-unsaturated/α-hetero) is 1. The molecular formula is C15H21ClO2. The number of methoxy groups -OCH3 is 1. The summed E-state index contributed by atoms with van der Waals surface area (Å²) in [5, 5.41) is 0.811. The Morgan fingerprint density at radius 2 is 1.78 bits per heavy atom. The van der Waals surface area contributed by atoms with Crippen LogP contribution in [0.3, 0.4) is 0 Å². The molecular weight excluding hydrogens is 248 g/mol. The van der Waals surface area contributed by atoms with Crippen LogP contribution >= 0.6 is 11.6 Å². The van der Waals surface area contributed by atoms with Crippen molar-refractivity contribution in [1.29, 1.82) is 0 Å². The average molecular weight is 269 g/mol. The number of halogens is 1. The highest BCUT2D eigenvalue weighted by Gasteiger charge is 2.16. The van der Waals surface area contributed by atoms with Gasteiger partial charge in [-0.05, 0) is 62.8 Å². The van der Waals surface area contributed by atoms with Crippen LogP contribution in [0.15, 0.2) is 0 Å². The summed E-state index contributed by atoms with van der Waals surface area (Å²) in [4.78, 5) is 11.0. The molecule has 0 radical (unpaired) electrons. The van der Waals surface area contributed by atoms with E-state index in [4.69, 9.17) is 16.3 Å². The van der Waals surface area contributed by atoms with Crippen molar-refractivity contribution in [3.8, 4) is 5.75 Å². The summed E-state index contributed by atoms with van der Waals surface area (Å²) in [6.45, 7) is 7.67. The summed E-state index contributed by atoms with van der Waals surface area (Å²) in [6, 6.07) is 0. The van der Waals surface area contributed by atoms with E-state index in [0.717, 1.165) is 45.9 Å². The van der Waals surface area contributed by atoms with Gasteiger partial charge in [-0.2, -0.15) is 0 Å². The number of rotatable bonds is 5. The first-order valence-corrected chi connectivity index (χ1v) is 6.59. The predicted octanol–water partition coefficient (Wildman–Crippen LogP) is 4.19. The van der Waals surface area contributed by atoms with Gasteiger partial charge < -0.3 is 9.53 Å². The van der Waals surface area contributed by atoms with Gasteiger partial charge in [0.1, 0.15) is 11.5 Å². The van der Waals surface area contributed by atoms with Crippen LogP contribution in [0.5, 0.6) is 5.75 Å². The summed E-state index contributed by atoms with van der Waals surface area (Å²) in [5.74, 6) is 1.14. The number of ketones is 1. The highest BCUT2D eigenvalue weighted by Crippen LogP contribution is 2.36. The topological polar surface area (TPSA) is 26.3 Å². The maximum atomic E-state index is 11.0. The predicted molar refractivity (Wildman–Crippen MR) is 75.8 cm³/mol. The first-order valence-electron chi connectivity index (χ1n) is 6.21. The third-order valence-corrected chi connectivity index (χ3v) is 4.02. The smallest absolute Gasteiger partial charge is 0.129 e. The molecule has 100 valence electrons. The standard InChI is InChI=1S/C15H21ClO2/c1-9(17)7-6-8-13-12(4)14(16)10(2)11(3)15(13)18-5/h6-8H2,1-5H3. The van der Waals surface area contributed by atoms with Crippen LogP contribution in [-0.4, -0.2) is 12.9 Å². The molecule has 2 nitrogen and oxygen atoms in total. The quantitative estimate of drug-likeness (QED) is 0.801. The highest BCUT2D eigenvalue weighted by atomic mass is 35.5. The van der Waals surface area contributed by atoms with Gasteiger partial charge in [-0.1, -0.05) is 11.6 Å². The third-order valence-electron chi connectivity index (χ3n) is 3.45. The first-order chi connectivity index (χ1) is 8.40. The minimum Gasteiger partial charge on any atom is -0.496 e. The van der Waals surface area contributed by atoms with Crippen molar-refractivity contribution in [2.75, 3.05) is 7.11 Å². The first kappa shape index (κ1) is 15.0. The Balaban J connectivity index is 3.12. The van der Waals surface area contributed by atoms with E-state index < -0.39 is 0 Å². The van der Waals surface area contributed by atoms with E-state index in [-0.39, 0.29) is 5.78 Å². The molecule has 0 unspecified atom stereocenters. The van der Waals surface area contributed by atoms with Gasteiger partial charge in [0.05, 0.1) is 7.11 Å². The molecule has 1 aromatic rings. The molecule has 0 saturated carbocycles. The second-order valence-corrected chi connectivity index (χ2v) is 5.13. The molecule has 0 heterocycles. The number of benzene rings is 1. The van der Waals surface area contributed by atoms with Crippen molar-refractivity contribution in [3.63, 3.8) is 0 Å². The van der Waals surface area contributed by atoms with Gasteiger partial charge in [0, 0.05) is 11.4 Å². The number of hydrogen-bond acceptors (Lipinski definition) is 2. The zero-order valence-corrected chi connectivity index (χ0v) is 12.6. The van der Waals surface area contributed by atoms with E-state index in [9.17, 15) is 4.79 Å². The van der Waals surface area contributed by atoms with Crippen molar-refractivity contribution < 1.29 is 9.53 Å². The molecule has 0 aromatic heterocycles. The number of hydrogen-bond donors (Lipinski definition) is 0. The molecule has 0 amide bonds. The number of ether oxygens (including phenoxy) is 1. The molecule has 3 heteroatoms. The fourth-order valence-corrected chi connectivity index (χ4v) is 2.49. The molecule has 1 aromatic carbocycles. The van der Waals surface area contributed by atoms with Gasteiger partial charge in [0.15, 0.2) is 0 Å². The minimum absolute atomic E-state index is 0.224. The van der Waals surface area contributed by atoms with Crippen LogP contribution in [0.4, 0.5) is 0 Å². The van der Waals surface area contributed by atoms with Crippen molar-refractivity contribution >= 4 is 17.4 Å². The van der Waals surface area contributed by atoms with Crippen LogP contribution in [-0.2, 0) is 11.2 Å². The van der Waals surface area contributed by atoms with Gasteiger partial charge in [0.25, 0.3) is 0 Å². The lowest BCUT2D eigenvalue weighted by molar-refractivity contribution is -0.117. The molecule has 18 heavy (non-hydrogen) atoms. The maximum Gasteiger partial charge on any atom is 0.129 e. The van der Waals surface area contributed by atoms with Gasteiger partial charge in [-0.3, -0.25) is 0 Å². The van der Waals surface area contributed by atoms with Gasteiger partial charge >= 0.3 is 0 Å². The monoisotopic (exact) mass is 268 g/mol. The van der Waals surface area contributed by atoms with Crippen molar-refractivity contribution in [2.45, 2.75) is 47.0 Å². The Labute approximate surface area is 114 Å². The van der Waals surface area contributed by atoms with Crippen LogP contribution in [0.1, 0.15) is 42.0 Å². The van der Waals surface area contributed by atoms with Crippen molar-refractivity contribution in [3.05, 3.63) is 27.3 Å². The van der Waals surface area contributed by atoms with Gasteiger partial charge in [0.2, 0.25) is 0 Å². The number of carbonyl (C=O) groups excluding carboxylic acids is 1. The summed E-state index contributed by atoms with van der Waals surface area (Å²) >= 11 is 6.34. The van der Waals surface area contributed by atoms with E-state index in [1.54, 1.807) is 14.0 Å². The fraction of sp³-hybridized carbons (Fsp3) is 0.533. The Morgan fingerprint density at radius 3 is 2.28 bits per heavy atom. The molecule has 1 rings (SSSR count). The average Bonchev–Trinajstić information content (AvgIpc) is 2.33. The largest absolute Gasteiger partial charge is 0.496 e. The normalized spacial score (nSPS) is 10.6. The zero-order valence-electron chi connectivity index (χ0n) is 11.8.